The highest BCUT2D eigenvalue weighted by Crippen LogP contribution is 2.36. The second-order valence-corrected chi connectivity index (χ2v) is 8.50. The van der Waals surface area contributed by atoms with Gasteiger partial charge < -0.3 is 24.0 Å². The Morgan fingerprint density at radius 3 is 2.69 bits per heavy atom. The largest absolute Gasteiger partial charge is 0.462 e. The standard InChI is InChI=1S/C22H22N4O5S/c1-3-29-22(28)18-13(2)17-19(23-11-24-20(17)32-18)25-6-8-26(9-7-25)21(27)14-4-5-15-16(10-14)31-12-30-15/h4-5,10-11H,3,6-9,12H2,1-2H3. The van der Waals surface area contributed by atoms with Crippen molar-refractivity contribution in [3.05, 3.63) is 40.5 Å². The molecule has 2 aromatic heterocycles. The van der Waals surface area contributed by atoms with Gasteiger partial charge in [-0.1, -0.05) is 0 Å². The third-order valence-corrected chi connectivity index (χ3v) is 6.83. The van der Waals surface area contributed by atoms with Crippen LogP contribution in [0.2, 0.25) is 0 Å². The summed E-state index contributed by atoms with van der Waals surface area (Å²) in [7, 11) is 0. The smallest absolute Gasteiger partial charge is 0.348 e. The number of esters is 1. The Morgan fingerprint density at radius 1 is 1.12 bits per heavy atom. The molecule has 0 aliphatic carbocycles. The van der Waals surface area contributed by atoms with Crippen LogP contribution >= 0.6 is 11.3 Å². The molecule has 0 saturated carbocycles. The number of benzene rings is 1. The Morgan fingerprint density at radius 2 is 1.91 bits per heavy atom. The number of carbonyl (C=O) groups is 2. The van der Waals surface area contributed by atoms with E-state index < -0.39 is 0 Å². The summed E-state index contributed by atoms with van der Waals surface area (Å²) < 4.78 is 15.9. The molecule has 1 amide bonds. The van der Waals surface area contributed by atoms with Crippen LogP contribution < -0.4 is 14.4 Å². The van der Waals surface area contributed by atoms with Gasteiger partial charge in [-0.05, 0) is 37.6 Å². The minimum absolute atomic E-state index is 0.0351. The van der Waals surface area contributed by atoms with Crippen LogP contribution in [0.5, 0.6) is 11.5 Å². The minimum atomic E-state index is -0.335. The zero-order valence-electron chi connectivity index (χ0n) is 17.8. The van der Waals surface area contributed by atoms with E-state index in [4.69, 9.17) is 14.2 Å². The maximum atomic E-state index is 13.0. The maximum Gasteiger partial charge on any atom is 0.348 e. The molecular formula is C22H22N4O5S. The molecule has 1 aromatic carbocycles. The van der Waals surface area contributed by atoms with Crippen molar-refractivity contribution in [1.82, 2.24) is 14.9 Å². The number of aromatic nitrogens is 2. The first-order valence-electron chi connectivity index (χ1n) is 10.4. The monoisotopic (exact) mass is 454 g/mol. The van der Waals surface area contributed by atoms with Crippen LogP contribution in [-0.2, 0) is 4.74 Å². The molecule has 0 spiro atoms. The van der Waals surface area contributed by atoms with Crippen LogP contribution in [0.1, 0.15) is 32.5 Å². The van der Waals surface area contributed by atoms with E-state index in [9.17, 15) is 9.59 Å². The first kappa shape index (κ1) is 20.5. The second-order valence-electron chi connectivity index (χ2n) is 7.50. The Labute approximate surface area is 188 Å². The number of fused-ring (bicyclic) bond motifs is 2. The van der Waals surface area contributed by atoms with Gasteiger partial charge in [-0.3, -0.25) is 4.79 Å². The molecule has 32 heavy (non-hydrogen) atoms. The van der Waals surface area contributed by atoms with Crippen LogP contribution in [-0.4, -0.2) is 66.3 Å². The molecule has 0 atom stereocenters. The van der Waals surface area contributed by atoms with Gasteiger partial charge in [0.05, 0.1) is 12.0 Å². The second kappa shape index (κ2) is 8.27. The van der Waals surface area contributed by atoms with E-state index in [1.165, 1.54) is 17.7 Å². The fraction of sp³-hybridized carbons (Fsp3) is 0.364. The lowest BCUT2D eigenvalue weighted by Gasteiger charge is -2.35. The topological polar surface area (TPSA) is 94.1 Å². The van der Waals surface area contributed by atoms with Gasteiger partial charge in [0, 0.05) is 31.7 Å². The van der Waals surface area contributed by atoms with Crippen LogP contribution in [0.25, 0.3) is 10.2 Å². The quantitative estimate of drug-likeness (QED) is 0.556. The van der Waals surface area contributed by atoms with Gasteiger partial charge in [0.15, 0.2) is 11.5 Å². The lowest BCUT2D eigenvalue weighted by molar-refractivity contribution is 0.0531. The Kier molecular flexibility index (Phi) is 5.30. The lowest BCUT2D eigenvalue weighted by Crippen LogP contribution is -2.49. The van der Waals surface area contributed by atoms with Gasteiger partial charge in [0.2, 0.25) is 6.79 Å². The van der Waals surface area contributed by atoms with Crippen molar-refractivity contribution < 1.29 is 23.8 Å². The molecule has 2 aliphatic rings. The molecule has 0 unspecified atom stereocenters. The third-order valence-electron chi connectivity index (χ3n) is 5.65. The highest BCUT2D eigenvalue weighted by molar-refractivity contribution is 7.20. The molecule has 1 fully saturated rings. The Balaban J connectivity index is 1.34. The number of rotatable bonds is 4. The predicted molar refractivity (Wildman–Crippen MR) is 119 cm³/mol. The molecule has 3 aromatic rings. The van der Waals surface area contributed by atoms with Crippen molar-refractivity contribution >= 4 is 39.2 Å². The summed E-state index contributed by atoms with van der Waals surface area (Å²) in [6.45, 7) is 6.58. The molecule has 4 heterocycles. The third kappa shape index (κ3) is 3.50. The molecule has 9 nitrogen and oxygen atoms in total. The van der Waals surface area contributed by atoms with E-state index in [1.54, 1.807) is 25.1 Å². The number of carbonyl (C=O) groups excluding carboxylic acids is 2. The summed E-state index contributed by atoms with van der Waals surface area (Å²) in [5.41, 5.74) is 1.41. The molecule has 0 bridgehead atoms. The van der Waals surface area contributed by atoms with Gasteiger partial charge >= 0.3 is 5.97 Å². The average molecular weight is 455 g/mol. The van der Waals surface area contributed by atoms with Crippen molar-refractivity contribution in [2.45, 2.75) is 13.8 Å². The lowest BCUT2D eigenvalue weighted by atomic mass is 10.1. The van der Waals surface area contributed by atoms with Crippen LogP contribution in [0.15, 0.2) is 24.5 Å². The summed E-state index contributed by atoms with van der Waals surface area (Å²) in [4.78, 5) is 39.5. The van der Waals surface area contributed by atoms with Gasteiger partial charge in [0.1, 0.15) is 21.9 Å². The van der Waals surface area contributed by atoms with Crippen LogP contribution in [0.3, 0.4) is 0 Å². The molecule has 166 valence electrons. The maximum absolute atomic E-state index is 13.0. The van der Waals surface area contributed by atoms with E-state index >= 15 is 0 Å². The van der Waals surface area contributed by atoms with E-state index in [-0.39, 0.29) is 18.7 Å². The van der Waals surface area contributed by atoms with Gasteiger partial charge in [0.25, 0.3) is 5.91 Å². The number of ether oxygens (including phenoxy) is 3. The molecule has 2 aliphatic heterocycles. The SMILES string of the molecule is CCOC(=O)c1sc2ncnc(N3CCN(C(=O)c4ccc5c(c4)OCO5)CC3)c2c1C. The number of nitrogens with zero attached hydrogens (tertiary/aromatic N) is 4. The van der Waals surface area contributed by atoms with E-state index in [0.717, 1.165) is 21.6 Å². The molecule has 1 saturated heterocycles. The van der Waals surface area contributed by atoms with Crippen molar-refractivity contribution in [2.75, 3.05) is 44.5 Å². The van der Waals surface area contributed by atoms with E-state index in [0.29, 0.717) is 54.7 Å². The summed E-state index contributed by atoms with van der Waals surface area (Å²) in [6, 6.07) is 5.27. The molecule has 10 heteroatoms. The van der Waals surface area contributed by atoms with Crippen molar-refractivity contribution in [1.29, 1.82) is 0 Å². The number of hydrogen-bond acceptors (Lipinski definition) is 9. The van der Waals surface area contributed by atoms with Crippen LogP contribution in [0.4, 0.5) is 5.82 Å². The van der Waals surface area contributed by atoms with Crippen molar-refractivity contribution in [3.8, 4) is 11.5 Å². The predicted octanol–water partition coefficient (Wildman–Crippen LogP) is 2.87. The summed E-state index contributed by atoms with van der Waals surface area (Å²) in [5.74, 6) is 1.68. The first-order valence-corrected chi connectivity index (χ1v) is 11.2. The van der Waals surface area contributed by atoms with Gasteiger partial charge in [-0.15, -0.1) is 11.3 Å². The number of thiophene rings is 1. The fourth-order valence-electron chi connectivity index (χ4n) is 4.02. The highest BCUT2D eigenvalue weighted by atomic mass is 32.1. The Bertz CT molecular complexity index is 1200. The Hall–Kier alpha value is -3.40. The van der Waals surface area contributed by atoms with Crippen LogP contribution in [0, 0.1) is 6.92 Å². The number of hydrogen-bond donors (Lipinski definition) is 0. The molecule has 0 N–H and O–H groups in total. The molecule has 0 radical (unpaired) electrons. The number of aryl methyl sites for hydroxylation is 1. The number of amides is 1. The van der Waals surface area contributed by atoms with Crippen molar-refractivity contribution in [3.63, 3.8) is 0 Å². The molecule has 5 rings (SSSR count). The number of anilines is 1. The average Bonchev–Trinajstić information content (AvgIpc) is 3.43. The normalized spacial score (nSPS) is 15.3. The zero-order valence-corrected chi connectivity index (χ0v) is 18.6. The summed E-state index contributed by atoms with van der Waals surface area (Å²) in [6.07, 6.45) is 1.52. The van der Waals surface area contributed by atoms with E-state index in [1.807, 2.05) is 11.8 Å². The first-order chi connectivity index (χ1) is 15.6. The zero-order chi connectivity index (χ0) is 22.2. The molecular weight excluding hydrogens is 432 g/mol. The number of piperazine rings is 1. The fourth-order valence-corrected chi connectivity index (χ4v) is 5.05. The van der Waals surface area contributed by atoms with E-state index in [2.05, 4.69) is 14.9 Å². The van der Waals surface area contributed by atoms with Gasteiger partial charge in [-0.2, -0.15) is 0 Å². The van der Waals surface area contributed by atoms with Crippen molar-refractivity contribution in [2.24, 2.45) is 0 Å². The minimum Gasteiger partial charge on any atom is -0.462 e. The summed E-state index contributed by atoms with van der Waals surface area (Å²) >= 11 is 1.32. The van der Waals surface area contributed by atoms with Gasteiger partial charge in [-0.25, -0.2) is 14.8 Å². The summed E-state index contributed by atoms with van der Waals surface area (Å²) in [5, 5.41) is 0.871. The highest BCUT2D eigenvalue weighted by Gasteiger charge is 2.27.